The Morgan fingerprint density at radius 2 is 1.69 bits per heavy atom. The van der Waals surface area contributed by atoms with Crippen LogP contribution in [-0.2, 0) is 16.1 Å². The molecule has 3 amide bonds. The van der Waals surface area contributed by atoms with E-state index in [4.69, 9.17) is 16.0 Å². The molecular formula is C30H32N12O3. The highest BCUT2D eigenvalue weighted by atomic mass is 16.2. The SMILES string of the molecule is CN1C(=O)[C@@H](CN=[N+]=[N-])N(Cc2ccccc2)c2nc(Nc3ccc(C(=O)NC4CCN(C(=O)CN=[N+]=[N-])CC4)cc3)ccc21. The standard InChI is InChI=1S/C30H32N12O3/c1-40-24-11-12-26(37-28(24)42(19-20-5-3-2-4-6-20)25(30(40)45)17-33-38-31)35-22-9-7-21(8-10-22)29(44)36-23-13-15-41(16-14-23)27(43)18-34-39-32/h2-12,23,25H,13-19H2,1H3,(H,35,37)(H,36,44)/t25-/m1/s1. The molecular weight excluding hydrogens is 576 g/mol. The van der Waals surface area contributed by atoms with Crippen molar-refractivity contribution < 1.29 is 14.4 Å². The lowest BCUT2D eigenvalue weighted by molar-refractivity contribution is -0.130. The van der Waals surface area contributed by atoms with Crippen molar-refractivity contribution in [3.8, 4) is 0 Å². The van der Waals surface area contributed by atoms with E-state index in [0.29, 0.717) is 61.0 Å². The first-order valence-electron chi connectivity index (χ1n) is 14.4. The summed E-state index contributed by atoms with van der Waals surface area (Å²) in [4.78, 5) is 53.6. The largest absolute Gasteiger partial charge is 0.349 e. The Bertz CT molecular complexity index is 1640. The molecule has 1 aromatic heterocycles. The summed E-state index contributed by atoms with van der Waals surface area (Å²) in [5.74, 6) is 0.502. The van der Waals surface area contributed by atoms with Crippen molar-refractivity contribution in [2.75, 3.05) is 48.3 Å². The monoisotopic (exact) mass is 608 g/mol. The number of rotatable bonds is 10. The van der Waals surface area contributed by atoms with Crippen molar-refractivity contribution in [3.63, 3.8) is 0 Å². The summed E-state index contributed by atoms with van der Waals surface area (Å²) in [7, 11) is 1.68. The fraction of sp³-hybridized carbons (Fsp3) is 0.333. The van der Waals surface area contributed by atoms with E-state index >= 15 is 0 Å². The van der Waals surface area contributed by atoms with Crippen molar-refractivity contribution >= 4 is 40.7 Å². The van der Waals surface area contributed by atoms with Gasteiger partial charge in [0, 0.05) is 53.8 Å². The minimum atomic E-state index is -0.718. The number of anilines is 4. The molecule has 0 aliphatic carbocycles. The van der Waals surface area contributed by atoms with Crippen molar-refractivity contribution in [2.24, 2.45) is 10.2 Å². The number of likely N-dealkylation sites (N-methyl/N-ethyl adjacent to an activating group) is 1. The first-order valence-corrected chi connectivity index (χ1v) is 14.4. The Balaban J connectivity index is 1.26. The van der Waals surface area contributed by atoms with E-state index in [0.717, 1.165) is 5.56 Å². The second-order valence-corrected chi connectivity index (χ2v) is 10.7. The lowest BCUT2D eigenvalue weighted by atomic mass is 10.0. The topological polar surface area (TPSA) is 195 Å². The number of carbonyl (C=O) groups excluding carboxylic acids is 3. The zero-order chi connectivity index (χ0) is 31.8. The number of pyridine rings is 1. The fourth-order valence-electron chi connectivity index (χ4n) is 5.45. The number of benzene rings is 2. The Morgan fingerprint density at radius 3 is 2.38 bits per heavy atom. The van der Waals surface area contributed by atoms with Gasteiger partial charge in [0.1, 0.15) is 18.4 Å². The van der Waals surface area contributed by atoms with Gasteiger partial charge in [-0.1, -0.05) is 40.6 Å². The van der Waals surface area contributed by atoms with Crippen LogP contribution in [0.1, 0.15) is 28.8 Å². The molecule has 5 rings (SSSR count). The molecule has 0 saturated carbocycles. The highest BCUT2D eigenvalue weighted by molar-refractivity contribution is 6.04. The molecule has 2 aliphatic heterocycles. The molecule has 2 N–H and O–H groups in total. The normalized spacial score (nSPS) is 16.2. The summed E-state index contributed by atoms with van der Waals surface area (Å²) in [5, 5.41) is 13.3. The van der Waals surface area contributed by atoms with Crippen LogP contribution in [0.25, 0.3) is 20.9 Å². The van der Waals surface area contributed by atoms with Gasteiger partial charge in [0.25, 0.3) is 5.91 Å². The lowest BCUT2D eigenvalue weighted by Gasteiger charge is -2.40. The van der Waals surface area contributed by atoms with Crippen LogP contribution in [0.2, 0.25) is 0 Å². The smallest absolute Gasteiger partial charge is 0.251 e. The molecule has 230 valence electrons. The first-order chi connectivity index (χ1) is 21.9. The van der Waals surface area contributed by atoms with Gasteiger partial charge in [0.2, 0.25) is 11.8 Å². The molecule has 3 aromatic rings. The molecule has 0 unspecified atom stereocenters. The predicted molar refractivity (Wildman–Crippen MR) is 169 cm³/mol. The summed E-state index contributed by atoms with van der Waals surface area (Å²) in [6, 6.07) is 19.5. The number of likely N-dealkylation sites (tertiary alicyclic amines) is 1. The van der Waals surface area contributed by atoms with Gasteiger partial charge in [-0.15, -0.1) is 0 Å². The third-order valence-electron chi connectivity index (χ3n) is 7.86. The maximum atomic E-state index is 13.3. The second-order valence-electron chi connectivity index (χ2n) is 10.7. The highest BCUT2D eigenvalue weighted by Crippen LogP contribution is 2.36. The number of carbonyl (C=O) groups is 3. The molecule has 2 aliphatic rings. The summed E-state index contributed by atoms with van der Waals surface area (Å²) < 4.78 is 0. The molecule has 1 saturated heterocycles. The molecule has 0 spiro atoms. The van der Waals surface area contributed by atoms with Crippen LogP contribution in [0.15, 0.2) is 77.0 Å². The predicted octanol–water partition coefficient (Wildman–Crippen LogP) is 4.52. The molecule has 15 heteroatoms. The number of aromatic nitrogens is 1. The van der Waals surface area contributed by atoms with E-state index < -0.39 is 6.04 Å². The summed E-state index contributed by atoms with van der Waals surface area (Å²) in [5.41, 5.74) is 20.2. The third-order valence-corrected chi connectivity index (χ3v) is 7.86. The van der Waals surface area contributed by atoms with Gasteiger partial charge in [-0.3, -0.25) is 14.4 Å². The fourth-order valence-corrected chi connectivity index (χ4v) is 5.45. The molecule has 45 heavy (non-hydrogen) atoms. The second kappa shape index (κ2) is 14.1. The molecule has 1 fully saturated rings. The van der Waals surface area contributed by atoms with Crippen molar-refractivity contribution in [3.05, 3.63) is 98.7 Å². The maximum absolute atomic E-state index is 13.3. The third kappa shape index (κ3) is 7.24. The van der Waals surface area contributed by atoms with Crippen LogP contribution in [0.5, 0.6) is 0 Å². The lowest BCUT2D eigenvalue weighted by Crippen LogP contribution is -2.53. The molecule has 1 atom stereocenters. The molecule has 3 heterocycles. The van der Waals surface area contributed by atoms with Crippen LogP contribution in [0.3, 0.4) is 0 Å². The van der Waals surface area contributed by atoms with E-state index in [1.54, 1.807) is 42.3 Å². The molecule has 15 nitrogen and oxygen atoms in total. The minimum Gasteiger partial charge on any atom is -0.349 e. The van der Waals surface area contributed by atoms with Gasteiger partial charge in [0.05, 0.1) is 12.2 Å². The van der Waals surface area contributed by atoms with Gasteiger partial charge < -0.3 is 25.3 Å². The van der Waals surface area contributed by atoms with Gasteiger partial charge in [0.15, 0.2) is 5.82 Å². The van der Waals surface area contributed by atoms with Crippen LogP contribution < -0.4 is 20.4 Å². The average Bonchev–Trinajstić information content (AvgIpc) is 3.07. The van der Waals surface area contributed by atoms with E-state index in [9.17, 15) is 14.4 Å². The van der Waals surface area contributed by atoms with E-state index in [1.165, 1.54) is 4.90 Å². The first kappa shape index (κ1) is 30.7. The van der Waals surface area contributed by atoms with Crippen molar-refractivity contribution in [2.45, 2.75) is 31.5 Å². The summed E-state index contributed by atoms with van der Waals surface area (Å²) in [6.07, 6.45) is 1.23. The zero-order valence-corrected chi connectivity index (χ0v) is 24.7. The number of azide groups is 2. The van der Waals surface area contributed by atoms with Gasteiger partial charge in [-0.25, -0.2) is 4.98 Å². The highest BCUT2D eigenvalue weighted by Gasteiger charge is 2.37. The van der Waals surface area contributed by atoms with E-state index in [-0.39, 0.29) is 36.9 Å². The molecule has 0 radical (unpaired) electrons. The van der Waals surface area contributed by atoms with Crippen LogP contribution >= 0.6 is 0 Å². The van der Waals surface area contributed by atoms with Crippen LogP contribution in [0, 0.1) is 0 Å². The zero-order valence-electron chi connectivity index (χ0n) is 24.7. The number of amides is 3. The molecule has 0 bridgehead atoms. The maximum Gasteiger partial charge on any atom is 0.251 e. The number of hydrogen-bond donors (Lipinski definition) is 2. The number of fused-ring (bicyclic) bond motifs is 1. The van der Waals surface area contributed by atoms with Crippen LogP contribution in [0.4, 0.5) is 23.0 Å². The van der Waals surface area contributed by atoms with E-state index in [2.05, 4.69) is 30.7 Å². The van der Waals surface area contributed by atoms with Gasteiger partial charge in [-0.2, -0.15) is 0 Å². The Kier molecular flexibility index (Phi) is 9.63. The van der Waals surface area contributed by atoms with E-state index in [1.807, 2.05) is 41.3 Å². The van der Waals surface area contributed by atoms with Crippen molar-refractivity contribution in [1.82, 2.24) is 15.2 Å². The minimum absolute atomic E-state index is 0.0382. The number of nitrogens with zero attached hydrogens (tertiary/aromatic N) is 10. The number of nitrogens with one attached hydrogen (secondary N) is 2. The Labute approximate surface area is 259 Å². The number of hydrogen-bond acceptors (Lipinski definition) is 8. The van der Waals surface area contributed by atoms with Crippen LogP contribution in [-0.4, -0.2) is 72.9 Å². The van der Waals surface area contributed by atoms with Gasteiger partial charge >= 0.3 is 0 Å². The Hall–Kier alpha value is -5.78. The van der Waals surface area contributed by atoms with Crippen molar-refractivity contribution in [1.29, 1.82) is 0 Å². The van der Waals surface area contributed by atoms with Gasteiger partial charge in [-0.05, 0) is 65.9 Å². The molecule has 2 aromatic carbocycles. The Morgan fingerprint density at radius 1 is 0.978 bits per heavy atom. The quantitative estimate of drug-likeness (QED) is 0.193. The average molecular weight is 609 g/mol. The summed E-state index contributed by atoms with van der Waals surface area (Å²) >= 11 is 0. The number of piperidine rings is 1. The summed E-state index contributed by atoms with van der Waals surface area (Å²) in [6.45, 7) is 1.13.